The second-order valence-corrected chi connectivity index (χ2v) is 6.85. The molecular formula is C15H17FN2O2S. The first-order valence-electron chi connectivity index (χ1n) is 6.52. The number of benzene rings is 1. The molecule has 0 spiro atoms. The van der Waals surface area contributed by atoms with Gasteiger partial charge in [-0.2, -0.15) is 0 Å². The Morgan fingerprint density at radius 2 is 2.05 bits per heavy atom. The highest BCUT2D eigenvalue weighted by Crippen LogP contribution is 2.18. The van der Waals surface area contributed by atoms with E-state index in [2.05, 4.69) is 10.3 Å². The van der Waals surface area contributed by atoms with Crippen molar-refractivity contribution in [2.45, 2.75) is 18.2 Å². The van der Waals surface area contributed by atoms with E-state index < -0.39 is 9.84 Å². The molecule has 1 N–H and O–H groups in total. The average Bonchev–Trinajstić information content (AvgIpc) is 2.41. The molecule has 0 aliphatic rings. The van der Waals surface area contributed by atoms with Crippen molar-refractivity contribution in [1.82, 2.24) is 4.98 Å². The summed E-state index contributed by atoms with van der Waals surface area (Å²) in [6.45, 7) is 2.37. The van der Waals surface area contributed by atoms with Gasteiger partial charge in [0, 0.05) is 19.0 Å². The van der Waals surface area contributed by atoms with Crippen LogP contribution in [0.3, 0.4) is 0 Å². The van der Waals surface area contributed by atoms with Gasteiger partial charge in [-0.15, -0.1) is 0 Å². The zero-order chi connectivity index (χ0) is 15.5. The normalized spacial score (nSPS) is 11.4. The van der Waals surface area contributed by atoms with Crippen LogP contribution in [0.15, 0.2) is 41.4 Å². The van der Waals surface area contributed by atoms with Crippen LogP contribution in [0.25, 0.3) is 0 Å². The zero-order valence-corrected chi connectivity index (χ0v) is 12.7. The fourth-order valence-electron chi connectivity index (χ4n) is 2.08. The van der Waals surface area contributed by atoms with E-state index >= 15 is 0 Å². The van der Waals surface area contributed by atoms with Gasteiger partial charge < -0.3 is 5.32 Å². The maximum absolute atomic E-state index is 13.0. The van der Waals surface area contributed by atoms with Crippen molar-refractivity contribution in [3.8, 4) is 0 Å². The molecule has 1 aromatic carbocycles. The van der Waals surface area contributed by atoms with E-state index in [0.717, 1.165) is 17.4 Å². The fourth-order valence-corrected chi connectivity index (χ4v) is 2.88. The van der Waals surface area contributed by atoms with Crippen molar-refractivity contribution in [2.75, 3.05) is 18.1 Å². The molecule has 0 saturated carbocycles. The van der Waals surface area contributed by atoms with Crippen LogP contribution >= 0.6 is 0 Å². The number of aromatic nitrogens is 1. The molecule has 0 radical (unpaired) electrons. The Morgan fingerprint density at radius 3 is 2.71 bits per heavy atom. The molecule has 21 heavy (non-hydrogen) atoms. The summed E-state index contributed by atoms with van der Waals surface area (Å²) in [7, 11) is -3.32. The van der Waals surface area contributed by atoms with Crippen LogP contribution in [-0.2, 0) is 16.3 Å². The Labute approximate surface area is 124 Å². The Balaban J connectivity index is 2.08. The van der Waals surface area contributed by atoms with Crippen molar-refractivity contribution in [3.63, 3.8) is 0 Å². The number of aryl methyl sites for hydroxylation is 1. The second kappa shape index (κ2) is 6.22. The predicted molar refractivity (Wildman–Crippen MR) is 80.7 cm³/mol. The van der Waals surface area contributed by atoms with E-state index in [1.165, 1.54) is 18.2 Å². The van der Waals surface area contributed by atoms with Crippen LogP contribution in [0.5, 0.6) is 0 Å². The highest BCUT2D eigenvalue weighted by molar-refractivity contribution is 7.90. The van der Waals surface area contributed by atoms with E-state index in [4.69, 9.17) is 0 Å². The third kappa shape index (κ3) is 4.01. The lowest BCUT2D eigenvalue weighted by Crippen LogP contribution is -2.11. The lowest BCUT2D eigenvalue weighted by Gasteiger charge is -2.10. The number of nitrogens with one attached hydrogen (secondary N) is 1. The number of rotatable bonds is 5. The number of sulfone groups is 1. The summed E-state index contributed by atoms with van der Waals surface area (Å²) in [6, 6.07) is 7.75. The van der Waals surface area contributed by atoms with Crippen LogP contribution in [0.1, 0.15) is 11.1 Å². The minimum Gasteiger partial charge on any atom is -0.369 e. The van der Waals surface area contributed by atoms with Gasteiger partial charge in [0.15, 0.2) is 9.84 Å². The van der Waals surface area contributed by atoms with E-state index in [0.29, 0.717) is 18.8 Å². The number of pyridine rings is 1. The van der Waals surface area contributed by atoms with Gasteiger partial charge >= 0.3 is 0 Å². The number of anilines is 1. The van der Waals surface area contributed by atoms with Gasteiger partial charge in [0.05, 0.1) is 0 Å². The SMILES string of the molecule is Cc1cc(F)ccc1CCNc1ncccc1S(C)(=O)=O. The number of hydrogen-bond acceptors (Lipinski definition) is 4. The van der Waals surface area contributed by atoms with Crippen LogP contribution in [0.4, 0.5) is 10.2 Å². The third-order valence-electron chi connectivity index (χ3n) is 3.16. The first-order chi connectivity index (χ1) is 9.88. The molecule has 1 heterocycles. The topological polar surface area (TPSA) is 59.1 Å². The van der Waals surface area contributed by atoms with E-state index in [1.54, 1.807) is 18.3 Å². The summed E-state index contributed by atoms with van der Waals surface area (Å²) in [5.41, 5.74) is 1.89. The zero-order valence-electron chi connectivity index (χ0n) is 11.9. The molecule has 0 unspecified atom stereocenters. The average molecular weight is 308 g/mol. The van der Waals surface area contributed by atoms with Gasteiger partial charge in [-0.1, -0.05) is 6.07 Å². The molecular weight excluding hydrogens is 291 g/mol. The van der Waals surface area contributed by atoms with Crippen molar-refractivity contribution in [1.29, 1.82) is 0 Å². The lowest BCUT2D eigenvalue weighted by atomic mass is 10.1. The van der Waals surface area contributed by atoms with E-state index in [9.17, 15) is 12.8 Å². The molecule has 0 aliphatic heterocycles. The molecule has 0 amide bonds. The maximum atomic E-state index is 13.0. The van der Waals surface area contributed by atoms with Crippen LogP contribution < -0.4 is 5.32 Å². The third-order valence-corrected chi connectivity index (χ3v) is 4.29. The first kappa shape index (κ1) is 15.4. The van der Waals surface area contributed by atoms with Gasteiger partial charge in [0.25, 0.3) is 0 Å². The van der Waals surface area contributed by atoms with Crippen molar-refractivity contribution >= 4 is 15.7 Å². The highest BCUT2D eigenvalue weighted by Gasteiger charge is 2.13. The molecule has 2 aromatic rings. The van der Waals surface area contributed by atoms with Crippen molar-refractivity contribution in [3.05, 3.63) is 53.5 Å². The van der Waals surface area contributed by atoms with Gasteiger partial charge in [-0.25, -0.2) is 17.8 Å². The minimum atomic E-state index is -3.32. The van der Waals surface area contributed by atoms with E-state index in [1.807, 2.05) is 6.92 Å². The summed E-state index contributed by atoms with van der Waals surface area (Å²) < 4.78 is 36.3. The number of nitrogens with zero attached hydrogens (tertiary/aromatic N) is 1. The standard InChI is InChI=1S/C15H17FN2O2S/c1-11-10-13(16)6-5-12(11)7-9-18-15-14(21(2,19)20)4-3-8-17-15/h3-6,8,10H,7,9H2,1-2H3,(H,17,18). The van der Waals surface area contributed by atoms with Crippen molar-refractivity contribution in [2.24, 2.45) is 0 Å². The lowest BCUT2D eigenvalue weighted by molar-refractivity contribution is 0.601. The summed E-state index contributed by atoms with van der Waals surface area (Å²) in [5, 5.41) is 3.03. The Bertz CT molecular complexity index is 745. The number of hydrogen-bond donors (Lipinski definition) is 1. The molecule has 0 aliphatic carbocycles. The maximum Gasteiger partial charge on any atom is 0.179 e. The predicted octanol–water partition coefficient (Wildman–Crippen LogP) is 2.59. The van der Waals surface area contributed by atoms with Gasteiger partial charge in [-0.05, 0) is 48.7 Å². The van der Waals surface area contributed by atoms with Crippen LogP contribution in [0.2, 0.25) is 0 Å². The van der Waals surface area contributed by atoms with Crippen molar-refractivity contribution < 1.29 is 12.8 Å². The quantitative estimate of drug-likeness (QED) is 0.922. The highest BCUT2D eigenvalue weighted by atomic mass is 32.2. The summed E-state index contributed by atoms with van der Waals surface area (Å²) in [5.74, 6) is 0.0908. The summed E-state index contributed by atoms with van der Waals surface area (Å²) in [6.07, 6.45) is 3.35. The fraction of sp³-hybridized carbons (Fsp3) is 0.267. The monoisotopic (exact) mass is 308 g/mol. The molecule has 0 bridgehead atoms. The smallest absolute Gasteiger partial charge is 0.179 e. The molecule has 112 valence electrons. The Kier molecular flexibility index (Phi) is 4.57. The molecule has 0 saturated heterocycles. The molecule has 0 fully saturated rings. The molecule has 6 heteroatoms. The molecule has 2 rings (SSSR count). The molecule has 0 atom stereocenters. The van der Waals surface area contributed by atoms with Gasteiger partial charge in [-0.3, -0.25) is 0 Å². The van der Waals surface area contributed by atoms with Gasteiger partial charge in [0.1, 0.15) is 16.5 Å². The first-order valence-corrected chi connectivity index (χ1v) is 8.41. The summed E-state index contributed by atoms with van der Waals surface area (Å²) >= 11 is 0. The summed E-state index contributed by atoms with van der Waals surface area (Å²) in [4.78, 5) is 4.24. The van der Waals surface area contributed by atoms with Crippen LogP contribution in [-0.4, -0.2) is 26.2 Å². The Morgan fingerprint density at radius 1 is 1.29 bits per heavy atom. The van der Waals surface area contributed by atoms with Crippen LogP contribution in [0, 0.1) is 12.7 Å². The molecule has 4 nitrogen and oxygen atoms in total. The van der Waals surface area contributed by atoms with Gasteiger partial charge in [0.2, 0.25) is 0 Å². The largest absolute Gasteiger partial charge is 0.369 e. The second-order valence-electron chi connectivity index (χ2n) is 4.87. The number of halogens is 1. The van der Waals surface area contributed by atoms with E-state index in [-0.39, 0.29) is 10.7 Å². The molecule has 1 aromatic heterocycles. The Hall–Kier alpha value is -1.95. The minimum absolute atomic E-state index is 0.181.